The topological polar surface area (TPSA) is 85.8 Å². The number of hydrogen-bond donors (Lipinski definition) is 2. The first-order chi connectivity index (χ1) is 16.6. The Morgan fingerprint density at radius 1 is 0.882 bits per heavy atom. The van der Waals surface area contributed by atoms with Gasteiger partial charge >= 0.3 is 0 Å². The first-order valence-electron chi connectivity index (χ1n) is 11.5. The molecule has 34 heavy (non-hydrogen) atoms. The lowest BCUT2D eigenvalue weighted by Crippen LogP contribution is -2.33. The molecule has 170 valence electrons. The second-order valence-corrected chi connectivity index (χ2v) is 8.62. The molecule has 1 atom stereocenters. The van der Waals surface area contributed by atoms with Gasteiger partial charge in [-0.25, -0.2) is 9.97 Å². The molecular weight excluding hydrogens is 422 g/mol. The fourth-order valence-corrected chi connectivity index (χ4v) is 4.26. The van der Waals surface area contributed by atoms with Crippen molar-refractivity contribution >= 4 is 33.9 Å². The van der Waals surface area contributed by atoms with Crippen LogP contribution in [0.25, 0.3) is 22.2 Å². The highest BCUT2D eigenvalue weighted by atomic mass is 16.1. The van der Waals surface area contributed by atoms with Crippen LogP contribution in [0.5, 0.6) is 0 Å². The number of carbonyl (C=O) groups excluding carboxylic acids is 1. The van der Waals surface area contributed by atoms with Crippen LogP contribution in [0.1, 0.15) is 34.8 Å². The van der Waals surface area contributed by atoms with E-state index in [-0.39, 0.29) is 11.9 Å². The number of nitrogen functional groups attached to an aromatic ring is 1. The van der Waals surface area contributed by atoms with Crippen molar-refractivity contribution in [2.45, 2.75) is 32.4 Å². The van der Waals surface area contributed by atoms with Crippen molar-refractivity contribution in [1.82, 2.24) is 19.9 Å². The minimum Gasteiger partial charge on any atom is -0.384 e. The van der Waals surface area contributed by atoms with E-state index in [0.717, 1.165) is 29.4 Å². The third-order valence-electron chi connectivity index (χ3n) is 6.09. The molecule has 5 rings (SSSR count). The summed E-state index contributed by atoms with van der Waals surface area (Å²) in [7, 11) is 0. The van der Waals surface area contributed by atoms with E-state index in [1.54, 1.807) is 0 Å². The van der Waals surface area contributed by atoms with Gasteiger partial charge < -0.3 is 15.6 Å². The summed E-state index contributed by atoms with van der Waals surface area (Å²) in [6.45, 7) is 2.52. The van der Waals surface area contributed by atoms with Crippen LogP contribution in [0.3, 0.4) is 0 Å². The molecule has 0 radical (unpaired) electrons. The summed E-state index contributed by atoms with van der Waals surface area (Å²) in [6.07, 6.45) is 1.71. The fraction of sp³-hybridized carbons (Fsp3) is 0.179. The summed E-state index contributed by atoms with van der Waals surface area (Å²) in [4.78, 5) is 23.1. The van der Waals surface area contributed by atoms with Gasteiger partial charge in [-0.3, -0.25) is 4.79 Å². The average molecular weight is 450 g/mol. The molecule has 3 aromatic carbocycles. The smallest absolute Gasteiger partial charge is 0.257 e. The SMILES string of the molecule is CC(CCc1ccccc1)NC(=O)c1c(N)n(Cc2ccccc2)c2nc3ccccc3nc12. The average Bonchev–Trinajstić information content (AvgIpc) is 3.13. The molecule has 6 heteroatoms. The lowest BCUT2D eigenvalue weighted by Gasteiger charge is -2.14. The molecule has 3 N–H and O–H groups in total. The number of rotatable bonds is 7. The summed E-state index contributed by atoms with van der Waals surface area (Å²) in [6, 6.07) is 27.9. The second kappa shape index (κ2) is 9.35. The van der Waals surface area contributed by atoms with E-state index >= 15 is 0 Å². The lowest BCUT2D eigenvalue weighted by molar-refractivity contribution is 0.0940. The van der Waals surface area contributed by atoms with Gasteiger partial charge in [-0.05, 0) is 43.0 Å². The van der Waals surface area contributed by atoms with Gasteiger partial charge in [-0.15, -0.1) is 0 Å². The zero-order valence-corrected chi connectivity index (χ0v) is 19.1. The van der Waals surface area contributed by atoms with Crippen LogP contribution in [0.15, 0.2) is 84.9 Å². The predicted molar refractivity (Wildman–Crippen MR) is 137 cm³/mol. The first-order valence-corrected chi connectivity index (χ1v) is 11.5. The number of fused-ring (bicyclic) bond motifs is 2. The van der Waals surface area contributed by atoms with Crippen molar-refractivity contribution in [2.24, 2.45) is 0 Å². The molecule has 0 aliphatic heterocycles. The number of amides is 1. The zero-order valence-electron chi connectivity index (χ0n) is 19.1. The van der Waals surface area contributed by atoms with Gasteiger partial charge in [0.05, 0.1) is 17.6 Å². The molecule has 5 aromatic rings. The summed E-state index contributed by atoms with van der Waals surface area (Å²) in [5.41, 5.74) is 11.9. The Kier molecular flexibility index (Phi) is 5.95. The maximum Gasteiger partial charge on any atom is 0.257 e. The molecule has 0 fully saturated rings. The standard InChI is InChI=1S/C28H27N5O/c1-19(16-17-20-10-4-2-5-11-20)30-28(34)24-25-27(32-23-15-9-8-14-22(23)31-25)33(26(24)29)18-21-12-6-3-7-13-21/h2-15,19H,16-18,29H2,1H3,(H,30,34). The molecule has 2 aromatic heterocycles. The number of aromatic nitrogens is 3. The van der Waals surface area contributed by atoms with Crippen molar-refractivity contribution in [3.63, 3.8) is 0 Å². The molecule has 0 saturated carbocycles. The normalized spacial score (nSPS) is 12.1. The third kappa shape index (κ3) is 4.35. The largest absolute Gasteiger partial charge is 0.384 e. The van der Waals surface area contributed by atoms with Crippen LogP contribution in [0, 0.1) is 0 Å². The third-order valence-corrected chi connectivity index (χ3v) is 6.09. The summed E-state index contributed by atoms with van der Waals surface area (Å²) >= 11 is 0. The molecule has 1 unspecified atom stereocenters. The number of nitrogens with one attached hydrogen (secondary N) is 1. The highest BCUT2D eigenvalue weighted by Gasteiger charge is 2.25. The van der Waals surface area contributed by atoms with Crippen molar-refractivity contribution in [3.05, 3.63) is 102 Å². The van der Waals surface area contributed by atoms with E-state index in [2.05, 4.69) is 17.4 Å². The first kappa shape index (κ1) is 21.6. The van der Waals surface area contributed by atoms with Crippen molar-refractivity contribution in [3.8, 4) is 0 Å². The van der Waals surface area contributed by atoms with Gasteiger partial charge in [0.2, 0.25) is 0 Å². The van der Waals surface area contributed by atoms with E-state index in [0.29, 0.717) is 29.1 Å². The number of nitrogens with two attached hydrogens (primary N) is 1. The Labute approximate surface area is 198 Å². The Balaban J connectivity index is 1.49. The van der Waals surface area contributed by atoms with Crippen LogP contribution in [-0.2, 0) is 13.0 Å². The van der Waals surface area contributed by atoms with Gasteiger partial charge in [0.25, 0.3) is 5.91 Å². The molecule has 0 bridgehead atoms. The van der Waals surface area contributed by atoms with Crippen molar-refractivity contribution in [1.29, 1.82) is 0 Å². The molecule has 1 amide bonds. The second-order valence-electron chi connectivity index (χ2n) is 8.62. The predicted octanol–water partition coefficient (Wildman–Crippen LogP) is 4.97. The summed E-state index contributed by atoms with van der Waals surface area (Å²) < 4.78 is 1.88. The Morgan fingerprint density at radius 2 is 1.47 bits per heavy atom. The van der Waals surface area contributed by atoms with Crippen LogP contribution in [0.2, 0.25) is 0 Å². The molecule has 0 spiro atoms. The maximum atomic E-state index is 13.4. The van der Waals surface area contributed by atoms with E-state index < -0.39 is 0 Å². The maximum absolute atomic E-state index is 13.4. The van der Waals surface area contributed by atoms with E-state index in [1.807, 2.05) is 84.3 Å². The van der Waals surface area contributed by atoms with Crippen LogP contribution in [-0.4, -0.2) is 26.5 Å². The minimum absolute atomic E-state index is 0.0203. The number of carbonyl (C=O) groups is 1. The lowest BCUT2D eigenvalue weighted by atomic mass is 10.1. The Hall–Kier alpha value is -4.19. The van der Waals surface area contributed by atoms with Crippen molar-refractivity contribution < 1.29 is 4.79 Å². The molecular formula is C28H27N5O. The van der Waals surface area contributed by atoms with E-state index in [4.69, 9.17) is 15.7 Å². The molecule has 0 aliphatic rings. The molecule has 2 heterocycles. The summed E-state index contributed by atoms with van der Waals surface area (Å²) in [5, 5.41) is 3.12. The molecule has 0 saturated heterocycles. The monoisotopic (exact) mass is 449 g/mol. The Bertz CT molecular complexity index is 1440. The van der Waals surface area contributed by atoms with Gasteiger partial charge in [-0.2, -0.15) is 0 Å². The van der Waals surface area contributed by atoms with Gasteiger partial charge in [0, 0.05) is 6.04 Å². The zero-order chi connectivity index (χ0) is 23.5. The minimum atomic E-state index is -0.223. The number of nitrogens with zero attached hydrogens (tertiary/aromatic N) is 3. The Morgan fingerprint density at radius 3 is 2.15 bits per heavy atom. The fourth-order valence-electron chi connectivity index (χ4n) is 4.26. The van der Waals surface area contributed by atoms with Gasteiger partial charge in [-0.1, -0.05) is 72.8 Å². The number of hydrogen-bond acceptors (Lipinski definition) is 4. The number of benzene rings is 3. The number of para-hydroxylation sites is 2. The van der Waals surface area contributed by atoms with Crippen molar-refractivity contribution in [2.75, 3.05) is 5.73 Å². The van der Waals surface area contributed by atoms with E-state index in [9.17, 15) is 4.79 Å². The number of aryl methyl sites for hydroxylation is 1. The van der Waals surface area contributed by atoms with Crippen LogP contribution < -0.4 is 11.1 Å². The summed E-state index contributed by atoms with van der Waals surface area (Å²) in [5.74, 6) is 0.154. The number of anilines is 1. The quantitative estimate of drug-likeness (QED) is 0.367. The van der Waals surface area contributed by atoms with Gasteiger partial charge in [0.1, 0.15) is 16.9 Å². The van der Waals surface area contributed by atoms with Crippen LogP contribution >= 0.6 is 0 Å². The van der Waals surface area contributed by atoms with Crippen LogP contribution in [0.4, 0.5) is 5.82 Å². The highest BCUT2D eigenvalue weighted by Crippen LogP contribution is 2.29. The van der Waals surface area contributed by atoms with Gasteiger partial charge in [0.15, 0.2) is 5.65 Å². The molecule has 0 aliphatic carbocycles. The highest BCUT2D eigenvalue weighted by molar-refractivity contribution is 6.10. The van der Waals surface area contributed by atoms with E-state index in [1.165, 1.54) is 5.56 Å². The molecule has 6 nitrogen and oxygen atoms in total.